The number of benzene rings is 1. The highest BCUT2D eigenvalue weighted by Gasteiger charge is 2.26. The molecular formula is C11H10Cl3NO3S. The SMILES string of the molecule is O=C(Nc1c(Cl)cc(S(=O)(=O)Cl)cc1Cl)C1CCC1. The first-order chi connectivity index (χ1) is 8.79. The molecular weight excluding hydrogens is 333 g/mol. The summed E-state index contributed by atoms with van der Waals surface area (Å²) in [6.45, 7) is 0. The van der Waals surface area contributed by atoms with Gasteiger partial charge in [0.25, 0.3) is 9.05 Å². The molecule has 1 aromatic rings. The minimum Gasteiger partial charge on any atom is -0.323 e. The topological polar surface area (TPSA) is 63.2 Å². The maximum Gasteiger partial charge on any atom is 0.261 e. The van der Waals surface area contributed by atoms with Crippen LogP contribution in [0.5, 0.6) is 0 Å². The number of rotatable bonds is 3. The Kier molecular flexibility index (Phi) is 4.30. The average molecular weight is 343 g/mol. The van der Waals surface area contributed by atoms with Crippen molar-refractivity contribution in [3.8, 4) is 0 Å². The molecule has 1 amide bonds. The highest BCUT2D eigenvalue weighted by molar-refractivity contribution is 8.13. The number of hydrogen-bond acceptors (Lipinski definition) is 3. The highest BCUT2D eigenvalue weighted by Crippen LogP contribution is 2.36. The van der Waals surface area contributed by atoms with Crippen molar-refractivity contribution in [1.29, 1.82) is 0 Å². The van der Waals surface area contributed by atoms with Gasteiger partial charge in [0, 0.05) is 16.6 Å². The van der Waals surface area contributed by atoms with Gasteiger partial charge in [0.05, 0.1) is 20.6 Å². The van der Waals surface area contributed by atoms with Crippen LogP contribution in [0.2, 0.25) is 10.0 Å². The number of nitrogens with one attached hydrogen (secondary N) is 1. The molecule has 8 heteroatoms. The van der Waals surface area contributed by atoms with Crippen LogP contribution in [-0.2, 0) is 13.8 Å². The number of hydrogen-bond donors (Lipinski definition) is 1. The summed E-state index contributed by atoms with van der Waals surface area (Å²) in [5, 5.41) is 2.70. The predicted octanol–water partition coefficient (Wildman–Crippen LogP) is 3.66. The molecule has 0 radical (unpaired) electrons. The fourth-order valence-corrected chi connectivity index (χ4v) is 3.20. The van der Waals surface area contributed by atoms with Crippen LogP contribution >= 0.6 is 33.9 Å². The van der Waals surface area contributed by atoms with Crippen molar-refractivity contribution >= 4 is 54.5 Å². The van der Waals surface area contributed by atoms with Crippen LogP contribution in [0, 0.1) is 5.92 Å². The quantitative estimate of drug-likeness (QED) is 0.853. The van der Waals surface area contributed by atoms with E-state index in [0.717, 1.165) is 31.4 Å². The van der Waals surface area contributed by atoms with Gasteiger partial charge in [0.1, 0.15) is 0 Å². The molecule has 0 heterocycles. The molecule has 2 rings (SSSR count). The van der Waals surface area contributed by atoms with Gasteiger partial charge < -0.3 is 5.32 Å². The first-order valence-electron chi connectivity index (χ1n) is 5.53. The van der Waals surface area contributed by atoms with E-state index in [1.807, 2.05) is 0 Å². The lowest BCUT2D eigenvalue weighted by Crippen LogP contribution is -2.28. The summed E-state index contributed by atoms with van der Waals surface area (Å²) in [5.41, 5.74) is 0.212. The van der Waals surface area contributed by atoms with Gasteiger partial charge in [-0.15, -0.1) is 0 Å². The van der Waals surface area contributed by atoms with Crippen LogP contribution in [0.4, 0.5) is 5.69 Å². The number of halogens is 3. The van der Waals surface area contributed by atoms with Gasteiger partial charge in [-0.1, -0.05) is 29.6 Å². The number of amides is 1. The van der Waals surface area contributed by atoms with Gasteiger partial charge >= 0.3 is 0 Å². The third kappa shape index (κ3) is 3.34. The minimum absolute atomic E-state index is 0.0245. The van der Waals surface area contributed by atoms with Gasteiger partial charge in [0.15, 0.2) is 0 Å². The van der Waals surface area contributed by atoms with Crippen LogP contribution in [0.15, 0.2) is 17.0 Å². The number of carbonyl (C=O) groups is 1. The molecule has 1 saturated carbocycles. The standard InChI is InChI=1S/C11H10Cl3NO3S/c12-8-4-7(19(14,17)18)5-9(13)10(8)15-11(16)6-2-1-3-6/h4-6H,1-3H2,(H,15,16). The number of anilines is 1. The van der Waals surface area contributed by atoms with E-state index in [9.17, 15) is 13.2 Å². The second-order valence-electron chi connectivity index (χ2n) is 4.32. The molecule has 1 aliphatic rings. The minimum atomic E-state index is -3.91. The van der Waals surface area contributed by atoms with E-state index in [1.165, 1.54) is 0 Å². The maximum atomic E-state index is 11.8. The highest BCUT2D eigenvalue weighted by atomic mass is 35.7. The van der Waals surface area contributed by atoms with Gasteiger partial charge in [-0.05, 0) is 25.0 Å². The first-order valence-corrected chi connectivity index (χ1v) is 8.60. The molecule has 0 atom stereocenters. The Hall–Kier alpha value is -0.490. The van der Waals surface area contributed by atoms with E-state index < -0.39 is 9.05 Å². The summed E-state index contributed by atoms with van der Waals surface area (Å²) < 4.78 is 22.4. The average Bonchev–Trinajstić information content (AvgIpc) is 2.19. The van der Waals surface area contributed by atoms with Crippen molar-refractivity contribution in [2.75, 3.05) is 5.32 Å². The summed E-state index contributed by atoms with van der Waals surface area (Å²) >= 11 is 11.9. The third-order valence-corrected chi connectivity index (χ3v) is 4.95. The Bertz CT molecular complexity index is 603. The molecule has 1 aromatic carbocycles. The van der Waals surface area contributed by atoms with Gasteiger partial charge in [0.2, 0.25) is 5.91 Å². The van der Waals surface area contributed by atoms with Crippen molar-refractivity contribution in [2.24, 2.45) is 5.92 Å². The molecule has 1 aliphatic carbocycles. The van der Waals surface area contributed by atoms with E-state index in [4.69, 9.17) is 33.9 Å². The lowest BCUT2D eigenvalue weighted by Gasteiger charge is -2.24. The lowest BCUT2D eigenvalue weighted by molar-refractivity contribution is -0.122. The first kappa shape index (κ1) is 14.9. The van der Waals surface area contributed by atoms with Crippen molar-refractivity contribution in [3.05, 3.63) is 22.2 Å². The van der Waals surface area contributed by atoms with Gasteiger partial charge in [-0.2, -0.15) is 0 Å². The van der Waals surface area contributed by atoms with E-state index in [1.54, 1.807) is 0 Å². The molecule has 1 fully saturated rings. The largest absolute Gasteiger partial charge is 0.323 e. The van der Waals surface area contributed by atoms with Crippen LogP contribution in [0.3, 0.4) is 0 Å². The molecule has 4 nitrogen and oxygen atoms in total. The summed E-state index contributed by atoms with van der Waals surface area (Å²) in [6, 6.07) is 2.32. The normalized spacial score (nSPS) is 15.9. The van der Waals surface area contributed by atoms with Crippen molar-refractivity contribution < 1.29 is 13.2 Å². The summed E-state index contributed by atoms with van der Waals surface area (Å²) in [6.07, 6.45) is 2.72. The van der Waals surface area contributed by atoms with Gasteiger partial charge in [-0.25, -0.2) is 8.42 Å². The Morgan fingerprint density at radius 2 is 1.74 bits per heavy atom. The zero-order chi connectivity index (χ0) is 14.2. The predicted molar refractivity (Wildman–Crippen MR) is 75.5 cm³/mol. The molecule has 0 spiro atoms. The summed E-state index contributed by atoms with van der Waals surface area (Å²) in [7, 11) is 1.30. The van der Waals surface area contributed by atoms with Crippen LogP contribution < -0.4 is 5.32 Å². The second kappa shape index (κ2) is 5.48. The molecule has 1 N–H and O–H groups in total. The van der Waals surface area contributed by atoms with Crippen LogP contribution in [0.1, 0.15) is 19.3 Å². The van der Waals surface area contributed by atoms with E-state index in [2.05, 4.69) is 5.32 Å². The molecule has 0 bridgehead atoms. The van der Waals surface area contributed by atoms with Crippen molar-refractivity contribution in [1.82, 2.24) is 0 Å². The zero-order valence-electron chi connectivity index (χ0n) is 9.62. The monoisotopic (exact) mass is 341 g/mol. The third-order valence-electron chi connectivity index (χ3n) is 3.02. The smallest absolute Gasteiger partial charge is 0.261 e. The van der Waals surface area contributed by atoms with E-state index >= 15 is 0 Å². The molecule has 0 unspecified atom stereocenters. The molecule has 0 saturated heterocycles. The molecule has 0 aromatic heterocycles. The Morgan fingerprint density at radius 1 is 1.21 bits per heavy atom. The second-order valence-corrected chi connectivity index (χ2v) is 7.70. The molecule has 104 valence electrons. The zero-order valence-corrected chi connectivity index (χ0v) is 12.7. The Balaban J connectivity index is 2.29. The molecule has 0 aliphatic heterocycles. The van der Waals surface area contributed by atoms with E-state index in [0.29, 0.717) is 0 Å². The fraction of sp³-hybridized carbons (Fsp3) is 0.364. The van der Waals surface area contributed by atoms with E-state index in [-0.39, 0.29) is 32.5 Å². The Morgan fingerprint density at radius 3 is 2.11 bits per heavy atom. The van der Waals surface area contributed by atoms with Crippen LogP contribution in [0.25, 0.3) is 0 Å². The van der Waals surface area contributed by atoms with Gasteiger partial charge in [-0.3, -0.25) is 4.79 Å². The lowest BCUT2D eigenvalue weighted by atomic mass is 9.85. The summed E-state index contributed by atoms with van der Waals surface area (Å²) in [5.74, 6) is -0.180. The van der Waals surface area contributed by atoms with Crippen molar-refractivity contribution in [2.45, 2.75) is 24.2 Å². The Labute approximate surface area is 125 Å². The summed E-state index contributed by atoms with van der Waals surface area (Å²) in [4.78, 5) is 11.6. The van der Waals surface area contributed by atoms with Crippen LogP contribution in [-0.4, -0.2) is 14.3 Å². The fourth-order valence-electron chi connectivity index (χ4n) is 1.71. The molecule has 19 heavy (non-hydrogen) atoms. The maximum absolute atomic E-state index is 11.8. The van der Waals surface area contributed by atoms with Crippen molar-refractivity contribution in [3.63, 3.8) is 0 Å². The number of carbonyl (C=O) groups excluding carboxylic acids is 1.